The fraction of sp³-hybridized carbons (Fsp3) is 0.107. The van der Waals surface area contributed by atoms with Crippen molar-refractivity contribution < 1.29 is 0 Å². The van der Waals surface area contributed by atoms with Crippen LogP contribution >= 0.6 is 35.0 Å². The summed E-state index contributed by atoms with van der Waals surface area (Å²) in [7, 11) is 0. The fourth-order valence-electron chi connectivity index (χ4n) is 4.72. The van der Waals surface area contributed by atoms with Crippen molar-refractivity contribution in [2.75, 3.05) is 13.1 Å². The number of benzene rings is 3. The summed E-state index contributed by atoms with van der Waals surface area (Å²) >= 11 is 14.9. The molecule has 168 valence electrons. The number of hydrogen-bond donors (Lipinski definition) is 1. The normalized spacial score (nSPS) is 20.7. The number of hydrogen-bond acceptors (Lipinski definition) is 4. The van der Waals surface area contributed by atoms with Crippen molar-refractivity contribution in [3.05, 3.63) is 128 Å². The summed E-state index contributed by atoms with van der Waals surface area (Å²) in [6.45, 7) is 1.48. The van der Waals surface area contributed by atoms with E-state index in [4.69, 9.17) is 28.2 Å². The first-order chi connectivity index (χ1) is 16.7. The van der Waals surface area contributed by atoms with E-state index in [9.17, 15) is 0 Å². The summed E-state index contributed by atoms with van der Waals surface area (Å²) in [5.74, 6) is 0. The van der Waals surface area contributed by atoms with Gasteiger partial charge in [0.15, 0.2) is 5.17 Å². The second-order valence-electron chi connectivity index (χ2n) is 8.34. The number of nitrogens with zero attached hydrogens (tertiary/aromatic N) is 2. The van der Waals surface area contributed by atoms with Crippen LogP contribution in [0.3, 0.4) is 0 Å². The lowest BCUT2D eigenvalue weighted by atomic mass is 9.88. The molecule has 0 radical (unpaired) electrons. The number of rotatable bonds is 3. The van der Waals surface area contributed by atoms with Crippen LogP contribution in [0.4, 0.5) is 0 Å². The number of thioether (sulfide) groups is 1. The second-order valence-corrected chi connectivity index (χ2v) is 9.99. The SMILES string of the molecule is Clc1ccccc1/C=C1\CNCC2=C1N=C1SC=C(c3ccccc3)N1C2c1ccccc1Cl. The summed E-state index contributed by atoms with van der Waals surface area (Å²) in [6.07, 6.45) is 2.15. The van der Waals surface area contributed by atoms with Crippen molar-refractivity contribution in [1.29, 1.82) is 0 Å². The highest BCUT2D eigenvalue weighted by molar-refractivity contribution is 8.16. The Balaban J connectivity index is 1.53. The quantitative estimate of drug-likeness (QED) is 0.405. The van der Waals surface area contributed by atoms with Crippen LogP contribution in [0.15, 0.2) is 106 Å². The highest BCUT2D eigenvalue weighted by atomic mass is 35.5. The van der Waals surface area contributed by atoms with Gasteiger partial charge in [-0.2, -0.15) is 0 Å². The molecular formula is C28H21Cl2N3S. The molecule has 1 unspecified atom stereocenters. The monoisotopic (exact) mass is 501 g/mol. The molecule has 3 aromatic carbocycles. The van der Waals surface area contributed by atoms with Crippen LogP contribution in [0.1, 0.15) is 22.7 Å². The number of amidine groups is 1. The first-order valence-electron chi connectivity index (χ1n) is 11.1. The molecule has 6 heteroatoms. The average molecular weight is 502 g/mol. The Bertz CT molecular complexity index is 1390. The van der Waals surface area contributed by atoms with Gasteiger partial charge in [0.2, 0.25) is 0 Å². The van der Waals surface area contributed by atoms with Crippen LogP contribution in [-0.2, 0) is 0 Å². The molecule has 0 saturated carbocycles. The van der Waals surface area contributed by atoms with Gasteiger partial charge in [-0.3, -0.25) is 0 Å². The zero-order chi connectivity index (χ0) is 23.1. The van der Waals surface area contributed by atoms with E-state index in [0.717, 1.165) is 62.0 Å². The smallest absolute Gasteiger partial charge is 0.174 e. The van der Waals surface area contributed by atoms with Crippen molar-refractivity contribution in [3.63, 3.8) is 0 Å². The van der Waals surface area contributed by atoms with Gasteiger partial charge in [0.1, 0.15) is 0 Å². The zero-order valence-corrected chi connectivity index (χ0v) is 20.5. The van der Waals surface area contributed by atoms with Crippen LogP contribution in [0, 0.1) is 0 Å². The van der Waals surface area contributed by atoms with E-state index < -0.39 is 0 Å². The fourth-order valence-corrected chi connectivity index (χ4v) is 6.08. The van der Waals surface area contributed by atoms with Gasteiger partial charge in [0, 0.05) is 28.5 Å². The van der Waals surface area contributed by atoms with E-state index in [2.05, 4.69) is 58.1 Å². The molecule has 3 nitrogen and oxygen atoms in total. The number of aliphatic imine (C=N–C) groups is 1. The van der Waals surface area contributed by atoms with Crippen LogP contribution in [-0.4, -0.2) is 23.2 Å². The largest absolute Gasteiger partial charge is 0.309 e. The molecule has 3 aromatic rings. The molecule has 1 N–H and O–H groups in total. The van der Waals surface area contributed by atoms with Gasteiger partial charge in [-0.05, 0) is 46.0 Å². The van der Waals surface area contributed by atoms with E-state index >= 15 is 0 Å². The lowest BCUT2D eigenvalue weighted by molar-refractivity contribution is 0.462. The Morgan fingerprint density at radius 3 is 2.41 bits per heavy atom. The maximum absolute atomic E-state index is 6.79. The molecule has 0 aliphatic carbocycles. The first kappa shape index (κ1) is 21.8. The molecule has 1 atom stereocenters. The Labute approximate surface area is 213 Å². The standard InChI is InChI=1S/C28H21Cl2N3S/c29-23-12-6-4-10-19(23)14-20-15-31-16-22-26(20)32-28-33(27(22)21-11-5-7-13-24(21)30)25(17-34-28)18-8-2-1-3-9-18/h1-14,17,27,31H,15-16H2/b20-14+. The number of halogens is 2. The summed E-state index contributed by atoms with van der Waals surface area (Å²) in [5.41, 5.74) is 7.76. The van der Waals surface area contributed by atoms with Crippen molar-refractivity contribution >= 4 is 51.9 Å². The minimum absolute atomic E-state index is 0.0555. The minimum Gasteiger partial charge on any atom is -0.309 e. The molecule has 3 heterocycles. The third-order valence-electron chi connectivity index (χ3n) is 6.28. The van der Waals surface area contributed by atoms with Gasteiger partial charge >= 0.3 is 0 Å². The van der Waals surface area contributed by atoms with Crippen LogP contribution in [0.25, 0.3) is 11.8 Å². The molecule has 0 fully saturated rings. The summed E-state index contributed by atoms with van der Waals surface area (Å²) in [4.78, 5) is 7.53. The molecule has 0 aromatic heterocycles. The molecule has 3 aliphatic rings. The van der Waals surface area contributed by atoms with Crippen LogP contribution < -0.4 is 5.32 Å². The predicted octanol–water partition coefficient (Wildman–Crippen LogP) is 7.39. The van der Waals surface area contributed by atoms with Crippen LogP contribution in [0.2, 0.25) is 10.0 Å². The van der Waals surface area contributed by atoms with E-state index in [1.54, 1.807) is 11.8 Å². The van der Waals surface area contributed by atoms with Crippen LogP contribution in [0.5, 0.6) is 0 Å². The molecule has 34 heavy (non-hydrogen) atoms. The molecule has 0 amide bonds. The van der Waals surface area contributed by atoms with Gasteiger partial charge < -0.3 is 10.2 Å². The molecule has 0 spiro atoms. The Kier molecular flexibility index (Phi) is 5.84. The highest BCUT2D eigenvalue weighted by Crippen LogP contribution is 2.49. The van der Waals surface area contributed by atoms with Crippen molar-refractivity contribution in [3.8, 4) is 0 Å². The Hall–Kier alpha value is -2.76. The lowest BCUT2D eigenvalue weighted by Crippen LogP contribution is -2.40. The topological polar surface area (TPSA) is 27.6 Å². The number of fused-ring (bicyclic) bond motifs is 1. The Morgan fingerprint density at radius 2 is 1.62 bits per heavy atom. The van der Waals surface area contributed by atoms with E-state index in [0.29, 0.717) is 0 Å². The first-order valence-corrected chi connectivity index (χ1v) is 12.8. The summed E-state index contributed by atoms with van der Waals surface area (Å²) < 4.78 is 0. The zero-order valence-electron chi connectivity index (χ0n) is 18.2. The maximum atomic E-state index is 6.79. The van der Waals surface area contributed by atoms with Crippen molar-refractivity contribution in [1.82, 2.24) is 10.2 Å². The van der Waals surface area contributed by atoms with Crippen molar-refractivity contribution in [2.45, 2.75) is 6.04 Å². The molecule has 3 aliphatic heterocycles. The second kappa shape index (κ2) is 9.12. The third-order valence-corrected chi connectivity index (χ3v) is 7.81. The highest BCUT2D eigenvalue weighted by Gasteiger charge is 2.40. The van der Waals surface area contributed by atoms with E-state index in [-0.39, 0.29) is 6.04 Å². The van der Waals surface area contributed by atoms with Gasteiger partial charge in [0.05, 0.1) is 17.4 Å². The predicted molar refractivity (Wildman–Crippen MR) is 145 cm³/mol. The maximum Gasteiger partial charge on any atom is 0.174 e. The molecular weight excluding hydrogens is 481 g/mol. The van der Waals surface area contributed by atoms with Crippen molar-refractivity contribution in [2.24, 2.45) is 4.99 Å². The molecule has 0 bridgehead atoms. The molecule has 0 saturated heterocycles. The van der Waals surface area contributed by atoms with Gasteiger partial charge in [0.25, 0.3) is 0 Å². The lowest BCUT2D eigenvalue weighted by Gasteiger charge is -2.40. The summed E-state index contributed by atoms with van der Waals surface area (Å²) in [6, 6.07) is 26.5. The Morgan fingerprint density at radius 1 is 0.882 bits per heavy atom. The third kappa shape index (κ3) is 3.81. The van der Waals surface area contributed by atoms with E-state index in [1.165, 1.54) is 5.57 Å². The molecule has 6 rings (SSSR count). The summed E-state index contributed by atoms with van der Waals surface area (Å²) in [5, 5.41) is 8.25. The van der Waals surface area contributed by atoms with E-state index in [1.807, 2.05) is 42.5 Å². The minimum atomic E-state index is -0.0555. The average Bonchev–Trinajstić information content (AvgIpc) is 3.29. The van der Waals surface area contributed by atoms with Gasteiger partial charge in [-0.25, -0.2) is 4.99 Å². The van der Waals surface area contributed by atoms with Gasteiger partial charge in [-0.1, -0.05) is 102 Å². The number of nitrogens with one attached hydrogen (secondary N) is 1. The van der Waals surface area contributed by atoms with Gasteiger partial charge in [-0.15, -0.1) is 0 Å².